The van der Waals surface area contributed by atoms with E-state index in [9.17, 15) is 15.0 Å². The first-order valence-electron chi connectivity index (χ1n) is 9.41. The third-order valence-electron chi connectivity index (χ3n) is 4.96. The average molecular weight is 406 g/mol. The molecule has 154 valence electrons. The van der Waals surface area contributed by atoms with Gasteiger partial charge < -0.3 is 24.1 Å². The second-order valence-corrected chi connectivity index (χ2v) is 7.88. The number of methoxy groups -OCH3 is 1. The Kier molecular flexibility index (Phi) is 4.38. The molecule has 0 spiro atoms. The molecule has 0 saturated carbocycles. The maximum atomic E-state index is 13.5. The number of hydrogen-bond donors (Lipinski definition) is 2. The molecule has 1 aromatic heterocycles. The number of benzene rings is 2. The fraction of sp³-hybridized carbons (Fsp3) is 0.208. The number of rotatable bonds is 3. The highest BCUT2D eigenvalue weighted by Crippen LogP contribution is 2.43. The molecular formula is C24H22O6. The number of phenolic OH excluding ortho intramolecular Hbond substituents is 2. The molecule has 1 aliphatic heterocycles. The number of fused-ring (bicyclic) bond motifs is 3. The molecule has 2 N–H and O–H groups in total. The zero-order valence-corrected chi connectivity index (χ0v) is 17.2. The Morgan fingerprint density at radius 3 is 2.57 bits per heavy atom. The molecule has 30 heavy (non-hydrogen) atoms. The van der Waals surface area contributed by atoms with Crippen molar-refractivity contribution in [3.63, 3.8) is 0 Å². The highest BCUT2D eigenvalue weighted by atomic mass is 16.5. The van der Waals surface area contributed by atoms with Crippen molar-refractivity contribution in [3.8, 4) is 23.0 Å². The van der Waals surface area contributed by atoms with E-state index in [-0.39, 0.29) is 39.2 Å². The van der Waals surface area contributed by atoms with Crippen LogP contribution in [0, 0.1) is 0 Å². The second kappa shape index (κ2) is 6.69. The molecule has 0 radical (unpaired) electrons. The van der Waals surface area contributed by atoms with Gasteiger partial charge in [-0.05, 0) is 39.0 Å². The summed E-state index contributed by atoms with van der Waals surface area (Å²) in [4.78, 5) is 13.5. The summed E-state index contributed by atoms with van der Waals surface area (Å²) in [5, 5.41) is 21.5. The van der Waals surface area contributed by atoms with Gasteiger partial charge in [0.1, 0.15) is 33.7 Å². The molecule has 6 nitrogen and oxygen atoms in total. The minimum atomic E-state index is -0.559. The van der Waals surface area contributed by atoms with E-state index >= 15 is 0 Å². The summed E-state index contributed by atoms with van der Waals surface area (Å²) in [6.07, 6.45) is 6.88. The van der Waals surface area contributed by atoms with Crippen molar-refractivity contribution >= 4 is 34.1 Å². The number of phenols is 2. The molecule has 2 heterocycles. The largest absolute Gasteiger partial charge is 0.506 e. The Balaban J connectivity index is 2.15. The fourth-order valence-electron chi connectivity index (χ4n) is 3.59. The minimum Gasteiger partial charge on any atom is -0.506 e. The van der Waals surface area contributed by atoms with Crippen LogP contribution in [0.5, 0.6) is 23.0 Å². The van der Waals surface area contributed by atoms with Gasteiger partial charge in [-0.1, -0.05) is 18.2 Å². The van der Waals surface area contributed by atoms with Gasteiger partial charge in [0, 0.05) is 17.7 Å². The smallest absolute Gasteiger partial charge is 0.205 e. The Morgan fingerprint density at radius 1 is 1.20 bits per heavy atom. The highest BCUT2D eigenvalue weighted by molar-refractivity contribution is 6.01. The van der Waals surface area contributed by atoms with Crippen molar-refractivity contribution < 1.29 is 24.1 Å². The maximum absolute atomic E-state index is 13.5. The summed E-state index contributed by atoms with van der Waals surface area (Å²) in [6, 6.07) is 2.91. The number of hydrogen-bond acceptors (Lipinski definition) is 6. The lowest BCUT2D eigenvalue weighted by molar-refractivity contribution is 0.158. The van der Waals surface area contributed by atoms with Crippen molar-refractivity contribution in [1.29, 1.82) is 0 Å². The number of allylic oxidation sites excluding steroid dienone is 2. The van der Waals surface area contributed by atoms with Gasteiger partial charge in [-0.3, -0.25) is 4.79 Å². The first kappa shape index (κ1) is 19.6. The lowest BCUT2D eigenvalue weighted by Gasteiger charge is -2.28. The number of ether oxygens (including phenoxy) is 2. The number of aromatic hydroxyl groups is 2. The standard InChI is InChI=1S/C24H22O6/c1-12(2)6-7-14-19-17(10-15(25)23(14)28-5)29-18-11-16-13(8-9-24(3,4)30-16)21(26)20(18)22(19)27/h6-11,25-26H,1H2,2-5H3/b7-6+. The Morgan fingerprint density at radius 2 is 1.90 bits per heavy atom. The van der Waals surface area contributed by atoms with Crippen LogP contribution >= 0.6 is 0 Å². The average Bonchev–Trinajstić information content (AvgIpc) is 2.64. The van der Waals surface area contributed by atoms with Crippen molar-refractivity contribution in [2.45, 2.75) is 26.4 Å². The Bertz CT molecular complexity index is 1340. The molecule has 0 atom stereocenters. The van der Waals surface area contributed by atoms with Crippen LogP contribution in [0.15, 0.2) is 45.6 Å². The van der Waals surface area contributed by atoms with E-state index in [1.807, 2.05) is 19.9 Å². The maximum Gasteiger partial charge on any atom is 0.205 e. The summed E-state index contributed by atoms with van der Waals surface area (Å²) >= 11 is 0. The zero-order chi connectivity index (χ0) is 21.8. The molecule has 0 amide bonds. The molecule has 4 rings (SSSR count). The highest BCUT2D eigenvalue weighted by Gasteiger charge is 2.27. The van der Waals surface area contributed by atoms with E-state index in [1.165, 1.54) is 13.2 Å². The summed E-state index contributed by atoms with van der Waals surface area (Å²) in [5.74, 6) is 0.160. The predicted molar refractivity (Wildman–Crippen MR) is 117 cm³/mol. The lowest BCUT2D eigenvalue weighted by atomic mass is 9.98. The first-order chi connectivity index (χ1) is 14.1. The van der Waals surface area contributed by atoms with Gasteiger partial charge in [-0.15, -0.1) is 0 Å². The molecule has 1 aliphatic rings. The molecule has 2 aromatic carbocycles. The van der Waals surface area contributed by atoms with E-state index in [4.69, 9.17) is 13.9 Å². The van der Waals surface area contributed by atoms with Crippen LogP contribution < -0.4 is 14.9 Å². The molecule has 0 fully saturated rings. The lowest BCUT2D eigenvalue weighted by Crippen LogP contribution is -2.27. The minimum absolute atomic E-state index is 0.0342. The van der Waals surface area contributed by atoms with E-state index in [0.717, 1.165) is 5.57 Å². The fourth-order valence-corrected chi connectivity index (χ4v) is 3.59. The third kappa shape index (κ3) is 3.01. The summed E-state index contributed by atoms with van der Waals surface area (Å²) in [5.41, 5.74) is 0.835. The van der Waals surface area contributed by atoms with Crippen LogP contribution in [-0.4, -0.2) is 22.9 Å². The predicted octanol–water partition coefficient (Wildman–Crippen LogP) is 5.14. The van der Waals surface area contributed by atoms with Gasteiger partial charge in [-0.2, -0.15) is 0 Å². The van der Waals surface area contributed by atoms with Crippen LogP contribution in [0.3, 0.4) is 0 Å². The van der Waals surface area contributed by atoms with Crippen LogP contribution in [0.1, 0.15) is 31.9 Å². The van der Waals surface area contributed by atoms with Gasteiger partial charge in [-0.25, -0.2) is 0 Å². The summed E-state index contributed by atoms with van der Waals surface area (Å²) < 4.78 is 17.2. The normalized spacial score (nSPS) is 14.8. The SMILES string of the molecule is C=C(C)/C=C/c1c(OC)c(O)cc2oc3cc4c(c(O)c3c(=O)c12)C=CC(C)(C)O4. The molecule has 6 heteroatoms. The van der Waals surface area contributed by atoms with Crippen LogP contribution in [0.2, 0.25) is 0 Å². The Labute approximate surface area is 173 Å². The van der Waals surface area contributed by atoms with E-state index in [1.54, 1.807) is 31.2 Å². The van der Waals surface area contributed by atoms with Gasteiger partial charge in [0.2, 0.25) is 5.43 Å². The third-order valence-corrected chi connectivity index (χ3v) is 4.96. The monoisotopic (exact) mass is 406 g/mol. The Hall–Kier alpha value is -3.67. The molecule has 0 unspecified atom stereocenters. The van der Waals surface area contributed by atoms with E-state index in [0.29, 0.717) is 16.9 Å². The molecule has 3 aromatic rings. The van der Waals surface area contributed by atoms with Crippen molar-refractivity contribution in [3.05, 3.63) is 57.8 Å². The molecular weight excluding hydrogens is 384 g/mol. The van der Waals surface area contributed by atoms with Gasteiger partial charge in [0.25, 0.3) is 0 Å². The molecule has 0 aliphatic carbocycles. The molecule has 0 bridgehead atoms. The van der Waals surface area contributed by atoms with Crippen molar-refractivity contribution in [2.24, 2.45) is 0 Å². The second-order valence-electron chi connectivity index (χ2n) is 7.88. The van der Waals surface area contributed by atoms with Gasteiger partial charge >= 0.3 is 0 Å². The molecule has 0 saturated heterocycles. The quantitative estimate of drug-likeness (QED) is 0.462. The van der Waals surface area contributed by atoms with Crippen LogP contribution in [-0.2, 0) is 0 Å². The zero-order valence-electron chi connectivity index (χ0n) is 17.2. The van der Waals surface area contributed by atoms with Crippen molar-refractivity contribution in [1.82, 2.24) is 0 Å². The van der Waals surface area contributed by atoms with Crippen LogP contribution in [0.25, 0.3) is 34.1 Å². The first-order valence-corrected chi connectivity index (χ1v) is 9.41. The summed E-state index contributed by atoms with van der Waals surface area (Å²) in [6.45, 7) is 9.39. The topological polar surface area (TPSA) is 89.1 Å². The van der Waals surface area contributed by atoms with E-state index < -0.39 is 11.0 Å². The van der Waals surface area contributed by atoms with E-state index in [2.05, 4.69) is 6.58 Å². The van der Waals surface area contributed by atoms with Gasteiger partial charge in [0.15, 0.2) is 11.5 Å². The van der Waals surface area contributed by atoms with Crippen molar-refractivity contribution in [2.75, 3.05) is 7.11 Å². The summed E-state index contributed by atoms with van der Waals surface area (Å²) in [7, 11) is 1.40. The van der Waals surface area contributed by atoms with Crippen LogP contribution in [0.4, 0.5) is 0 Å². The van der Waals surface area contributed by atoms with Gasteiger partial charge in [0.05, 0.1) is 18.1 Å².